The first kappa shape index (κ1) is 23.9. The van der Waals surface area contributed by atoms with Gasteiger partial charge in [0, 0.05) is 30.3 Å². The van der Waals surface area contributed by atoms with E-state index in [9.17, 15) is 4.79 Å². The number of anilines is 2. The van der Waals surface area contributed by atoms with E-state index in [-0.39, 0.29) is 11.3 Å². The third kappa shape index (κ3) is 5.21. The minimum Gasteiger partial charge on any atom is -0.373 e. The zero-order valence-electron chi connectivity index (χ0n) is 21.2. The van der Waals surface area contributed by atoms with E-state index in [1.807, 2.05) is 33.8 Å². The maximum Gasteiger partial charge on any atom is 0.166 e. The maximum absolute atomic E-state index is 12.7. The molecule has 0 bridgehead atoms. The molecule has 0 aliphatic carbocycles. The number of nitrogens with zero attached hydrogens (tertiary/aromatic N) is 6. The lowest BCUT2D eigenvalue weighted by molar-refractivity contribution is 0.0801. The Morgan fingerprint density at radius 2 is 2.00 bits per heavy atom. The highest BCUT2D eigenvalue weighted by Crippen LogP contribution is 2.25. The number of ketones is 1. The van der Waals surface area contributed by atoms with Crippen molar-refractivity contribution >= 4 is 17.4 Å². The summed E-state index contributed by atoms with van der Waals surface area (Å²) in [5, 5.41) is 12.2. The average molecular weight is 486 g/mol. The summed E-state index contributed by atoms with van der Waals surface area (Å²) in [6, 6.07) is 10.1. The number of Topliss-reactive ketones (excluding diaryl/α,β-unsaturated/α-hetero) is 1. The van der Waals surface area contributed by atoms with Crippen LogP contribution in [0.2, 0.25) is 0 Å². The van der Waals surface area contributed by atoms with E-state index in [4.69, 9.17) is 4.74 Å². The molecule has 36 heavy (non-hydrogen) atoms. The monoisotopic (exact) mass is 485 g/mol. The van der Waals surface area contributed by atoms with Gasteiger partial charge < -0.3 is 10.1 Å². The quantitative estimate of drug-likeness (QED) is 0.379. The van der Waals surface area contributed by atoms with Crippen molar-refractivity contribution in [3.8, 4) is 11.3 Å². The topological polar surface area (TPSA) is 99.8 Å². The van der Waals surface area contributed by atoms with Crippen molar-refractivity contribution in [3.63, 3.8) is 0 Å². The van der Waals surface area contributed by atoms with Crippen LogP contribution < -0.4 is 5.32 Å². The molecule has 1 aliphatic rings. The fourth-order valence-electron chi connectivity index (χ4n) is 4.23. The van der Waals surface area contributed by atoms with Crippen LogP contribution in [-0.2, 0) is 29.8 Å². The maximum atomic E-state index is 12.7. The van der Waals surface area contributed by atoms with Crippen LogP contribution in [0.5, 0.6) is 0 Å². The summed E-state index contributed by atoms with van der Waals surface area (Å²) < 4.78 is 9.28. The van der Waals surface area contributed by atoms with Gasteiger partial charge in [-0.1, -0.05) is 12.1 Å². The second kappa shape index (κ2) is 9.66. The van der Waals surface area contributed by atoms with Crippen LogP contribution in [0.3, 0.4) is 0 Å². The van der Waals surface area contributed by atoms with Gasteiger partial charge in [0.1, 0.15) is 12.1 Å². The summed E-state index contributed by atoms with van der Waals surface area (Å²) in [5.41, 5.74) is 5.65. The van der Waals surface area contributed by atoms with Crippen molar-refractivity contribution in [2.75, 3.05) is 11.9 Å². The minimum atomic E-state index is -0.144. The van der Waals surface area contributed by atoms with E-state index in [1.165, 1.54) is 0 Å². The summed E-state index contributed by atoms with van der Waals surface area (Å²) >= 11 is 0. The Kier molecular flexibility index (Phi) is 6.40. The molecule has 0 spiro atoms. The lowest BCUT2D eigenvalue weighted by Crippen LogP contribution is -2.22. The van der Waals surface area contributed by atoms with Crippen LogP contribution in [0.1, 0.15) is 54.4 Å². The van der Waals surface area contributed by atoms with Gasteiger partial charge in [-0.25, -0.2) is 9.97 Å². The van der Waals surface area contributed by atoms with E-state index in [0.29, 0.717) is 37.4 Å². The van der Waals surface area contributed by atoms with Crippen molar-refractivity contribution < 1.29 is 9.53 Å². The highest BCUT2D eigenvalue weighted by molar-refractivity contribution is 5.95. The van der Waals surface area contributed by atoms with E-state index in [2.05, 4.69) is 65.3 Å². The predicted octanol–water partition coefficient (Wildman–Crippen LogP) is 4.69. The molecular formula is C27H31N7O2. The Hall–Kier alpha value is -3.85. The van der Waals surface area contributed by atoms with Crippen LogP contribution in [0, 0.1) is 6.92 Å². The van der Waals surface area contributed by atoms with Gasteiger partial charge >= 0.3 is 0 Å². The Labute approximate surface area is 210 Å². The first-order valence-corrected chi connectivity index (χ1v) is 12.2. The number of carbonyl (C=O) groups is 1. The lowest BCUT2D eigenvalue weighted by Gasteiger charge is -2.18. The fraction of sp³-hybridized carbons (Fsp3) is 0.370. The zero-order valence-corrected chi connectivity index (χ0v) is 21.2. The normalized spacial score (nSPS) is 13.4. The number of fused-ring (bicyclic) bond motifs is 1. The van der Waals surface area contributed by atoms with Crippen molar-refractivity contribution in [2.24, 2.45) is 0 Å². The molecule has 0 saturated heterocycles. The molecule has 1 aliphatic heterocycles. The summed E-state index contributed by atoms with van der Waals surface area (Å²) in [7, 11) is 0. The fourth-order valence-corrected chi connectivity index (χ4v) is 4.23. The van der Waals surface area contributed by atoms with Gasteiger partial charge in [-0.15, -0.1) is 0 Å². The number of aryl methyl sites for hydroxylation is 2. The number of carbonyl (C=O) groups excluding carboxylic acids is 1. The Bertz CT molecular complexity index is 1370. The molecule has 9 heteroatoms. The number of rotatable bonds is 7. The zero-order chi connectivity index (χ0) is 25.3. The van der Waals surface area contributed by atoms with Gasteiger partial charge in [-0.3, -0.25) is 14.2 Å². The molecule has 1 aromatic carbocycles. The molecule has 4 heterocycles. The van der Waals surface area contributed by atoms with Gasteiger partial charge in [0.25, 0.3) is 0 Å². The Balaban J connectivity index is 1.25. The van der Waals surface area contributed by atoms with Gasteiger partial charge in [-0.2, -0.15) is 10.2 Å². The van der Waals surface area contributed by atoms with Crippen LogP contribution in [0.4, 0.5) is 11.6 Å². The average Bonchev–Trinajstić information content (AvgIpc) is 3.50. The number of ether oxygens (including phenoxy) is 1. The molecule has 0 fully saturated rings. The smallest absolute Gasteiger partial charge is 0.166 e. The van der Waals surface area contributed by atoms with Gasteiger partial charge in [0.2, 0.25) is 0 Å². The third-order valence-electron chi connectivity index (χ3n) is 6.34. The van der Waals surface area contributed by atoms with Crippen molar-refractivity contribution in [3.05, 3.63) is 71.4 Å². The molecule has 0 radical (unpaired) electrons. The molecule has 186 valence electrons. The lowest BCUT2D eigenvalue weighted by atomic mass is 9.98. The largest absolute Gasteiger partial charge is 0.373 e. The van der Waals surface area contributed by atoms with Crippen LogP contribution in [-0.4, -0.2) is 41.9 Å². The number of nitrogens with one attached hydrogen (secondary N) is 1. The first-order valence-electron chi connectivity index (χ1n) is 12.2. The highest BCUT2D eigenvalue weighted by Gasteiger charge is 2.17. The van der Waals surface area contributed by atoms with E-state index in [0.717, 1.165) is 40.4 Å². The molecule has 0 amide bonds. The molecule has 5 rings (SSSR count). The number of aromatic nitrogens is 6. The van der Waals surface area contributed by atoms with E-state index >= 15 is 0 Å². The van der Waals surface area contributed by atoms with Gasteiger partial charge in [0.15, 0.2) is 11.6 Å². The van der Waals surface area contributed by atoms with Crippen LogP contribution in [0.15, 0.2) is 49.1 Å². The molecular weight excluding hydrogens is 454 g/mol. The highest BCUT2D eigenvalue weighted by atomic mass is 16.5. The predicted molar refractivity (Wildman–Crippen MR) is 137 cm³/mol. The third-order valence-corrected chi connectivity index (χ3v) is 6.34. The molecule has 9 nitrogen and oxygen atoms in total. The SMILES string of the molecule is Cc1cc(-c2cc(Nc3cc4n(n3)CCOC4)ncn2)ccc1CCC(=O)c1cnn(C(C)(C)C)c1. The van der Waals surface area contributed by atoms with E-state index < -0.39 is 0 Å². The van der Waals surface area contributed by atoms with E-state index in [1.54, 1.807) is 12.5 Å². The first-order chi connectivity index (χ1) is 17.3. The van der Waals surface area contributed by atoms with Crippen molar-refractivity contribution in [1.82, 2.24) is 29.5 Å². The molecule has 1 N–H and O–H groups in total. The van der Waals surface area contributed by atoms with Crippen molar-refractivity contribution in [1.29, 1.82) is 0 Å². The molecule has 4 aromatic rings. The van der Waals surface area contributed by atoms with Gasteiger partial charge in [-0.05, 0) is 51.3 Å². The second-order valence-corrected chi connectivity index (χ2v) is 10.1. The Morgan fingerprint density at radius 1 is 1.14 bits per heavy atom. The molecule has 0 atom stereocenters. The number of hydrogen-bond acceptors (Lipinski definition) is 7. The second-order valence-electron chi connectivity index (χ2n) is 10.1. The summed E-state index contributed by atoms with van der Waals surface area (Å²) in [6.45, 7) is 10.3. The summed E-state index contributed by atoms with van der Waals surface area (Å²) in [6.07, 6.45) is 6.17. The van der Waals surface area contributed by atoms with Crippen LogP contribution >= 0.6 is 0 Å². The minimum absolute atomic E-state index is 0.105. The molecule has 0 saturated carbocycles. The van der Waals surface area contributed by atoms with Gasteiger partial charge in [0.05, 0.1) is 48.4 Å². The van der Waals surface area contributed by atoms with Crippen molar-refractivity contribution in [2.45, 2.75) is 59.2 Å². The summed E-state index contributed by atoms with van der Waals surface area (Å²) in [4.78, 5) is 21.5. The van der Waals surface area contributed by atoms with Crippen LogP contribution in [0.25, 0.3) is 11.3 Å². The molecule has 0 unspecified atom stereocenters. The number of benzene rings is 1. The molecule has 3 aromatic heterocycles. The number of hydrogen-bond donors (Lipinski definition) is 1. The standard InChI is InChI=1S/C27H31N7O2/c1-18-11-20(6-5-19(18)7-8-24(35)21-14-30-34(15-21)27(2,3)4)23-13-25(29-17-28-23)31-26-12-22-16-36-10-9-33(22)32-26/h5-6,11-15,17H,7-10,16H2,1-4H3,(H,28,29,31,32). The Morgan fingerprint density at radius 3 is 2.75 bits per heavy atom. The summed E-state index contributed by atoms with van der Waals surface area (Å²) in [5.74, 6) is 1.52.